The van der Waals surface area contributed by atoms with Crippen molar-refractivity contribution in [3.63, 3.8) is 0 Å². The first-order valence-corrected chi connectivity index (χ1v) is 9.99. The Hall–Kier alpha value is -2.16. The van der Waals surface area contributed by atoms with Gasteiger partial charge >= 0.3 is 0 Å². The van der Waals surface area contributed by atoms with Gasteiger partial charge in [-0.15, -0.1) is 0 Å². The second-order valence-corrected chi connectivity index (χ2v) is 8.30. The number of halogens is 1. The van der Waals surface area contributed by atoms with Gasteiger partial charge in [0, 0.05) is 31.3 Å². The van der Waals surface area contributed by atoms with Crippen LogP contribution in [0.15, 0.2) is 47.4 Å². The average Bonchev–Trinajstić information content (AvgIpc) is 2.68. The average molecular weight is 394 g/mol. The fourth-order valence-electron chi connectivity index (χ4n) is 3.27. The van der Waals surface area contributed by atoms with Gasteiger partial charge in [0.2, 0.25) is 10.0 Å². The quantitative estimate of drug-likeness (QED) is 0.780. The SMILES string of the molecule is COc1ccc(OC)c(S(=O)(=O)N2CCN(C)C(c3ccccc3F)C2)c1. The predicted octanol–water partition coefficient (Wildman–Crippen LogP) is 2.52. The molecule has 0 bridgehead atoms. The number of sulfonamides is 1. The van der Waals surface area contributed by atoms with Crippen LogP contribution in [0.5, 0.6) is 11.5 Å². The van der Waals surface area contributed by atoms with Crippen molar-refractivity contribution in [3.8, 4) is 11.5 Å². The Kier molecular flexibility index (Phi) is 5.69. The number of piperazine rings is 1. The topological polar surface area (TPSA) is 59.1 Å². The van der Waals surface area contributed by atoms with E-state index in [9.17, 15) is 12.8 Å². The van der Waals surface area contributed by atoms with E-state index in [4.69, 9.17) is 9.47 Å². The molecule has 2 aromatic carbocycles. The molecule has 6 nitrogen and oxygen atoms in total. The van der Waals surface area contributed by atoms with Gasteiger partial charge in [0.25, 0.3) is 0 Å². The smallest absolute Gasteiger partial charge is 0.247 e. The molecule has 1 atom stereocenters. The normalized spacial score (nSPS) is 19.0. The molecule has 3 rings (SSSR count). The van der Waals surface area contributed by atoms with E-state index in [2.05, 4.69) is 0 Å². The lowest BCUT2D eigenvalue weighted by Crippen LogP contribution is -2.49. The van der Waals surface area contributed by atoms with Gasteiger partial charge in [-0.3, -0.25) is 4.90 Å². The van der Waals surface area contributed by atoms with E-state index in [0.717, 1.165) is 0 Å². The highest BCUT2D eigenvalue weighted by Gasteiger charge is 2.36. The molecule has 1 heterocycles. The molecular formula is C19H23FN2O4S. The number of benzene rings is 2. The summed E-state index contributed by atoms with van der Waals surface area (Å²) < 4.78 is 52.6. The maximum atomic E-state index is 14.3. The second-order valence-electron chi connectivity index (χ2n) is 6.40. The predicted molar refractivity (Wildman–Crippen MR) is 100 cm³/mol. The summed E-state index contributed by atoms with van der Waals surface area (Å²) in [5.74, 6) is 0.332. The van der Waals surface area contributed by atoms with Crippen molar-refractivity contribution in [3.05, 3.63) is 53.8 Å². The molecule has 146 valence electrons. The molecule has 8 heteroatoms. The monoisotopic (exact) mass is 394 g/mol. The van der Waals surface area contributed by atoms with Crippen molar-refractivity contribution in [2.45, 2.75) is 10.9 Å². The van der Waals surface area contributed by atoms with Gasteiger partial charge in [-0.1, -0.05) is 18.2 Å². The molecular weight excluding hydrogens is 371 g/mol. The Morgan fingerprint density at radius 1 is 1.07 bits per heavy atom. The van der Waals surface area contributed by atoms with Crippen LogP contribution in [0.3, 0.4) is 0 Å². The first-order valence-electron chi connectivity index (χ1n) is 8.55. The molecule has 1 saturated heterocycles. The van der Waals surface area contributed by atoms with Crippen LogP contribution >= 0.6 is 0 Å². The van der Waals surface area contributed by atoms with E-state index in [1.54, 1.807) is 30.3 Å². The minimum absolute atomic E-state index is 0.0428. The Morgan fingerprint density at radius 3 is 2.48 bits per heavy atom. The summed E-state index contributed by atoms with van der Waals surface area (Å²) in [6, 6.07) is 10.7. The zero-order valence-corrected chi connectivity index (χ0v) is 16.4. The van der Waals surface area contributed by atoms with Gasteiger partial charge in [-0.2, -0.15) is 4.31 Å². The molecule has 0 radical (unpaired) electrons. The number of rotatable bonds is 5. The van der Waals surface area contributed by atoms with Gasteiger partial charge < -0.3 is 9.47 Å². The summed E-state index contributed by atoms with van der Waals surface area (Å²) in [5, 5.41) is 0. The Bertz CT molecular complexity index is 920. The van der Waals surface area contributed by atoms with Crippen molar-refractivity contribution in [1.29, 1.82) is 0 Å². The van der Waals surface area contributed by atoms with Crippen molar-refractivity contribution >= 4 is 10.0 Å². The number of methoxy groups -OCH3 is 2. The van der Waals surface area contributed by atoms with Gasteiger partial charge in [-0.05, 0) is 25.2 Å². The lowest BCUT2D eigenvalue weighted by Gasteiger charge is -2.39. The zero-order valence-electron chi connectivity index (χ0n) is 15.6. The van der Waals surface area contributed by atoms with Crippen LogP contribution in [0, 0.1) is 5.82 Å². The highest BCUT2D eigenvalue weighted by Crippen LogP contribution is 2.34. The van der Waals surface area contributed by atoms with Crippen LogP contribution < -0.4 is 9.47 Å². The standard InChI is InChI=1S/C19H23FN2O4S/c1-21-10-11-22(13-17(21)15-6-4-5-7-16(15)20)27(23,24)19-12-14(25-2)8-9-18(19)26-3/h4-9,12,17H,10-11,13H2,1-3H3. The molecule has 0 N–H and O–H groups in total. The van der Waals surface area contributed by atoms with E-state index >= 15 is 0 Å². The largest absolute Gasteiger partial charge is 0.497 e. The molecule has 0 aliphatic carbocycles. The van der Waals surface area contributed by atoms with Crippen LogP contribution in [0.2, 0.25) is 0 Å². The third-order valence-corrected chi connectivity index (χ3v) is 6.75. The second kappa shape index (κ2) is 7.84. The van der Waals surface area contributed by atoms with Crippen LogP contribution in [-0.4, -0.2) is 58.5 Å². The number of nitrogens with zero attached hydrogens (tertiary/aromatic N) is 2. The third-order valence-electron chi connectivity index (χ3n) is 4.86. The van der Waals surface area contributed by atoms with Crippen molar-refractivity contribution in [2.24, 2.45) is 0 Å². The van der Waals surface area contributed by atoms with Crippen molar-refractivity contribution in [1.82, 2.24) is 9.21 Å². The van der Waals surface area contributed by atoms with Crippen LogP contribution in [0.1, 0.15) is 11.6 Å². The summed E-state index contributed by atoms with van der Waals surface area (Å²) in [6.45, 7) is 0.953. The lowest BCUT2D eigenvalue weighted by atomic mass is 10.0. The maximum absolute atomic E-state index is 14.3. The minimum atomic E-state index is -3.84. The molecule has 1 aliphatic heterocycles. The van der Waals surface area contributed by atoms with E-state index in [1.165, 1.54) is 30.7 Å². The molecule has 0 amide bonds. The van der Waals surface area contributed by atoms with E-state index in [-0.39, 0.29) is 29.0 Å². The Morgan fingerprint density at radius 2 is 1.81 bits per heavy atom. The highest BCUT2D eigenvalue weighted by atomic mass is 32.2. The molecule has 1 unspecified atom stereocenters. The molecule has 0 saturated carbocycles. The first kappa shape index (κ1) is 19.6. The molecule has 1 aliphatic rings. The summed E-state index contributed by atoms with van der Waals surface area (Å²) >= 11 is 0. The molecule has 27 heavy (non-hydrogen) atoms. The van der Waals surface area contributed by atoms with Crippen LogP contribution in [0.4, 0.5) is 4.39 Å². The molecule has 1 fully saturated rings. The number of hydrogen-bond acceptors (Lipinski definition) is 5. The zero-order chi connectivity index (χ0) is 19.6. The molecule has 2 aromatic rings. The fraction of sp³-hybridized carbons (Fsp3) is 0.368. The molecule has 0 aromatic heterocycles. The summed E-state index contributed by atoms with van der Waals surface area (Å²) in [6.07, 6.45) is 0. The van der Waals surface area contributed by atoms with Crippen molar-refractivity contribution in [2.75, 3.05) is 40.9 Å². The van der Waals surface area contributed by atoms with Gasteiger partial charge in [0.15, 0.2) is 0 Å². The Balaban J connectivity index is 1.97. The lowest BCUT2D eigenvalue weighted by molar-refractivity contribution is 0.145. The third kappa shape index (κ3) is 3.78. The minimum Gasteiger partial charge on any atom is -0.497 e. The van der Waals surface area contributed by atoms with Crippen LogP contribution in [0.25, 0.3) is 0 Å². The number of hydrogen-bond donors (Lipinski definition) is 0. The first-order chi connectivity index (χ1) is 12.9. The van der Waals surface area contributed by atoms with E-state index in [0.29, 0.717) is 24.4 Å². The van der Waals surface area contributed by atoms with Crippen molar-refractivity contribution < 1.29 is 22.3 Å². The fourth-order valence-corrected chi connectivity index (χ4v) is 4.88. The summed E-state index contributed by atoms with van der Waals surface area (Å²) in [5.41, 5.74) is 0.484. The molecule has 0 spiro atoms. The maximum Gasteiger partial charge on any atom is 0.247 e. The highest BCUT2D eigenvalue weighted by molar-refractivity contribution is 7.89. The van der Waals surface area contributed by atoms with E-state index in [1.807, 2.05) is 11.9 Å². The Labute approximate surface area is 159 Å². The van der Waals surface area contributed by atoms with Gasteiger partial charge in [0.1, 0.15) is 22.2 Å². The van der Waals surface area contributed by atoms with Crippen LogP contribution in [-0.2, 0) is 10.0 Å². The number of ether oxygens (including phenoxy) is 2. The van der Waals surface area contributed by atoms with Gasteiger partial charge in [-0.25, -0.2) is 12.8 Å². The van der Waals surface area contributed by atoms with Gasteiger partial charge in [0.05, 0.1) is 20.3 Å². The number of likely N-dealkylation sites (N-methyl/N-ethyl adjacent to an activating group) is 1. The van der Waals surface area contributed by atoms with E-state index < -0.39 is 10.0 Å². The summed E-state index contributed by atoms with van der Waals surface area (Å²) in [7, 11) is 0.931. The summed E-state index contributed by atoms with van der Waals surface area (Å²) in [4.78, 5) is 2.01.